The minimum atomic E-state index is -3.18. The molecule has 0 atom stereocenters. The minimum absolute atomic E-state index is 0.217. The quantitative estimate of drug-likeness (QED) is 0.800. The number of benzene rings is 1. The highest BCUT2D eigenvalue weighted by Crippen LogP contribution is 2.25. The average molecular weight is 315 g/mol. The number of halogens is 3. The van der Waals surface area contributed by atoms with Crippen LogP contribution in [0.1, 0.15) is 0 Å². The second kappa shape index (κ2) is 5.09. The zero-order chi connectivity index (χ0) is 12.3. The van der Waals surface area contributed by atoms with E-state index in [0.717, 1.165) is 12.3 Å². The number of hydrogen-bond donors (Lipinski definition) is 0. The van der Waals surface area contributed by atoms with Crippen molar-refractivity contribution in [3.63, 3.8) is 0 Å². The van der Waals surface area contributed by atoms with Crippen molar-refractivity contribution in [1.82, 2.24) is 0 Å². The van der Waals surface area contributed by atoms with Crippen LogP contribution in [0.3, 0.4) is 0 Å². The molecule has 16 heavy (non-hydrogen) atoms. The van der Waals surface area contributed by atoms with Gasteiger partial charge in [-0.05, 0) is 12.1 Å². The summed E-state index contributed by atoms with van der Waals surface area (Å²) in [5.74, 6) is -2.74. The van der Waals surface area contributed by atoms with Crippen molar-refractivity contribution in [1.29, 1.82) is 0 Å². The van der Waals surface area contributed by atoms with Crippen molar-refractivity contribution in [2.75, 3.05) is 18.6 Å². The second-order valence-electron chi connectivity index (χ2n) is 3.18. The molecule has 1 aromatic rings. The van der Waals surface area contributed by atoms with E-state index < -0.39 is 21.5 Å². The summed E-state index contributed by atoms with van der Waals surface area (Å²) < 4.78 is 52.8. The van der Waals surface area contributed by atoms with Gasteiger partial charge in [-0.2, -0.15) is 4.39 Å². The molecule has 0 aromatic heterocycles. The summed E-state index contributed by atoms with van der Waals surface area (Å²) >= 11 is 2.97. The largest absolute Gasteiger partial charge is 0.489 e. The van der Waals surface area contributed by atoms with E-state index in [1.807, 2.05) is 0 Å². The van der Waals surface area contributed by atoms with Crippen molar-refractivity contribution >= 4 is 25.8 Å². The van der Waals surface area contributed by atoms with Crippen molar-refractivity contribution < 1.29 is 21.9 Å². The molecule has 0 saturated carbocycles. The Labute approximate surface area is 100 Å². The zero-order valence-electron chi connectivity index (χ0n) is 8.34. The van der Waals surface area contributed by atoms with Gasteiger partial charge in [-0.15, -0.1) is 0 Å². The third-order valence-electron chi connectivity index (χ3n) is 1.67. The topological polar surface area (TPSA) is 43.4 Å². The van der Waals surface area contributed by atoms with Gasteiger partial charge < -0.3 is 4.74 Å². The molecule has 0 aliphatic rings. The van der Waals surface area contributed by atoms with Crippen LogP contribution < -0.4 is 4.74 Å². The lowest BCUT2D eigenvalue weighted by Crippen LogP contribution is -2.12. The van der Waals surface area contributed by atoms with Crippen LogP contribution in [-0.2, 0) is 9.84 Å². The molecule has 0 spiro atoms. The smallest absolute Gasteiger partial charge is 0.200 e. The van der Waals surface area contributed by atoms with Crippen LogP contribution in [0.5, 0.6) is 5.75 Å². The fraction of sp³-hybridized carbons (Fsp3) is 0.333. The van der Waals surface area contributed by atoms with Gasteiger partial charge in [0.05, 0.1) is 5.75 Å². The molecule has 0 saturated heterocycles. The Kier molecular flexibility index (Phi) is 4.26. The second-order valence-corrected chi connectivity index (χ2v) is 6.35. The number of rotatable bonds is 4. The summed E-state index contributed by atoms with van der Waals surface area (Å²) in [5.41, 5.74) is 0. The predicted molar refractivity (Wildman–Crippen MR) is 59.3 cm³/mol. The number of hydrogen-bond acceptors (Lipinski definition) is 3. The molecule has 0 amide bonds. The van der Waals surface area contributed by atoms with Gasteiger partial charge in [-0.1, -0.05) is 15.9 Å². The van der Waals surface area contributed by atoms with Crippen LogP contribution in [0.15, 0.2) is 16.6 Å². The van der Waals surface area contributed by atoms with Gasteiger partial charge in [0.25, 0.3) is 0 Å². The molecule has 1 aromatic carbocycles. The van der Waals surface area contributed by atoms with Gasteiger partial charge in [0.1, 0.15) is 6.61 Å². The maximum absolute atomic E-state index is 13.1. The van der Waals surface area contributed by atoms with Crippen LogP contribution in [0.25, 0.3) is 0 Å². The Morgan fingerprint density at radius 2 is 2.00 bits per heavy atom. The Morgan fingerprint density at radius 1 is 1.38 bits per heavy atom. The molecule has 90 valence electrons. The first kappa shape index (κ1) is 13.4. The van der Waals surface area contributed by atoms with Crippen LogP contribution >= 0.6 is 15.9 Å². The standard InChI is InChI=1S/C9H9BrF2O3S/c1-16(13,14)3-2-15-8-5-6(10)4-7(11)9(8)12/h4-5H,2-3H2,1H3. The highest BCUT2D eigenvalue weighted by molar-refractivity contribution is 9.10. The Hall–Kier alpha value is -0.690. The predicted octanol–water partition coefficient (Wildman–Crippen LogP) is 2.15. The molecule has 0 fully saturated rings. The molecule has 0 bridgehead atoms. The molecule has 0 heterocycles. The minimum Gasteiger partial charge on any atom is -0.489 e. The molecule has 1 rings (SSSR count). The monoisotopic (exact) mass is 314 g/mol. The van der Waals surface area contributed by atoms with E-state index >= 15 is 0 Å². The lowest BCUT2D eigenvalue weighted by molar-refractivity contribution is 0.314. The normalized spacial score (nSPS) is 11.5. The van der Waals surface area contributed by atoms with Gasteiger partial charge in [0, 0.05) is 10.7 Å². The van der Waals surface area contributed by atoms with E-state index in [4.69, 9.17) is 4.74 Å². The van der Waals surface area contributed by atoms with Crippen molar-refractivity contribution in [3.05, 3.63) is 28.2 Å². The number of sulfone groups is 1. The van der Waals surface area contributed by atoms with Crippen LogP contribution in [0, 0.1) is 11.6 Å². The first-order chi connectivity index (χ1) is 7.29. The third kappa shape index (κ3) is 4.05. The average Bonchev–Trinajstić information content (AvgIpc) is 2.11. The first-order valence-electron chi connectivity index (χ1n) is 4.24. The zero-order valence-corrected chi connectivity index (χ0v) is 10.7. The Morgan fingerprint density at radius 3 is 2.56 bits per heavy atom. The van der Waals surface area contributed by atoms with Gasteiger partial charge >= 0.3 is 0 Å². The molecular weight excluding hydrogens is 306 g/mol. The van der Waals surface area contributed by atoms with E-state index in [1.165, 1.54) is 6.07 Å². The van der Waals surface area contributed by atoms with Crippen molar-refractivity contribution in [2.24, 2.45) is 0 Å². The van der Waals surface area contributed by atoms with E-state index in [0.29, 0.717) is 4.47 Å². The molecule has 7 heteroatoms. The van der Waals surface area contributed by atoms with Crippen LogP contribution in [0.4, 0.5) is 8.78 Å². The highest BCUT2D eigenvalue weighted by Gasteiger charge is 2.12. The van der Waals surface area contributed by atoms with Gasteiger partial charge in [-0.25, -0.2) is 12.8 Å². The molecule has 0 radical (unpaired) electrons. The van der Waals surface area contributed by atoms with E-state index in [-0.39, 0.29) is 18.1 Å². The van der Waals surface area contributed by atoms with Crippen LogP contribution in [0.2, 0.25) is 0 Å². The first-order valence-corrected chi connectivity index (χ1v) is 7.10. The summed E-state index contributed by atoms with van der Waals surface area (Å²) in [6.45, 7) is -0.217. The lowest BCUT2D eigenvalue weighted by atomic mass is 10.3. The lowest BCUT2D eigenvalue weighted by Gasteiger charge is -2.07. The maximum atomic E-state index is 13.1. The highest BCUT2D eigenvalue weighted by atomic mass is 79.9. The molecule has 0 aliphatic carbocycles. The van der Waals surface area contributed by atoms with Crippen LogP contribution in [-0.4, -0.2) is 27.0 Å². The van der Waals surface area contributed by atoms with Gasteiger partial charge in [0.2, 0.25) is 5.82 Å². The number of ether oxygens (including phenoxy) is 1. The molecule has 0 N–H and O–H groups in total. The summed E-state index contributed by atoms with van der Waals surface area (Å²) in [4.78, 5) is 0. The summed E-state index contributed by atoms with van der Waals surface area (Å²) in [6, 6.07) is 2.19. The Balaban J connectivity index is 2.75. The fourth-order valence-electron chi connectivity index (χ4n) is 0.940. The summed E-state index contributed by atoms with van der Waals surface area (Å²) in [7, 11) is -3.18. The van der Waals surface area contributed by atoms with E-state index in [1.54, 1.807) is 0 Å². The molecule has 3 nitrogen and oxygen atoms in total. The van der Waals surface area contributed by atoms with E-state index in [2.05, 4.69) is 15.9 Å². The maximum Gasteiger partial charge on any atom is 0.200 e. The third-order valence-corrected chi connectivity index (χ3v) is 3.04. The van der Waals surface area contributed by atoms with Crippen molar-refractivity contribution in [2.45, 2.75) is 0 Å². The summed E-state index contributed by atoms with van der Waals surface area (Å²) in [6.07, 6.45) is 1.04. The molecule has 0 unspecified atom stereocenters. The van der Waals surface area contributed by atoms with Crippen molar-refractivity contribution in [3.8, 4) is 5.75 Å². The Bertz CT molecular complexity index is 488. The fourth-order valence-corrected chi connectivity index (χ4v) is 1.74. The van der Waals surface area contributed by atoms with E-state index in [9.17, 15) is 17.2 Å². The summed E-state index contributed by atoms with van der Waals surface area (Å²) in [5, 5.41) is 0. The SMILES string of the molecule is CS(=O)(=O)CCOc1cc(Br)cc(F)c1F. The molecule has 0 aliphatic heterocycles. The van der Waals surface area contributed by atoms with Gasteiger partial charge in [-0.3, -0.25) is 0 Å². The molecular formula is C9H9BrF2O3S. The van der Waals surface area contributed by atoms with Gasteiger partial charge in [0.15, 0.2) is 21.4 Å².